The van der Waals surface area contributed by atoms with E-state index in [9.17, 15) is 0 Å². The van der Waals surface area contributed by atoms with E-state index in [2.05, 4.69) is 10.3 Å². The van der Waals surface area contributed by atoms with E-state index in [0.29, 0.717) is 17.9 Å². The van der Waals surface area contributed by atoms with Gasteiger partial charge in [0.25, 0.3) is 0 Å². The number of benzene rings is 1. The van der Waals surface area contributed by atoms with Crippen LogP contribution in [0.25, 0.3) is 23.1 Å². The van der Waals surface area contributed by atoms with Gasteiger partial charge in [-0.05, 0) is 67.7 Å². The van der Waals surface area contributed by atoms with Gasteiger partial charge in [0.1, 0.15) is 11.6 Å². The number of ether oxygens (including phenoxy) is 1. The summed E-state index contributed by atoms with van der Waals surface area (Å²) in [4.78, 5) is 13.6. The van der Waals surface area contributed by atoms with Gasteiger partial charge in [0.2, 0.25) is 0 Å². The summed E-state index contributed by atoms with van der Waals surface area (Å²) in [5.41, 5.74) is 7.95. The van der Waals surface area contributed by atoms with Crippen molar-refractivity contribution in [2.24, 2.45) is 5.73 Å². The number of rotatable bonds is 5. The molecule has 9 heteroatoms. The Morgan fingerprint density at radius 1 is 1.03 bits per heavy atom. The van der Waals surface area contributed by atoms with Gasteiger partial charge in [-0.15, -0.1) is 37.2 Å². The number of halogens is 3. The van der Waals surface area contributed by atoms with Crippen molar-refractivity contribution >= 4 is 66.1 Å². The largest absolute Gasteiger partial charge is 0.497 e. The minimum Gasteiger partial charge on any atom is -0.497 e. The molecule has 2 aromatic heterocycles. The van der Waals surface area contributed by atoms with Gasteiger partial charge in [-0.25, -0.2) is 9.97 Å². The third-order valence-corrected chi connectivity index (χ3v) is 5.14. The molecular formula is C22H28Cl3N5O. The van der Waals surface area contributed by atoms with E-state index in [4.69, 9.17) is 20.4 Å². The average molecular weight is 485 g/mol. The lowest BCUT2D eigenvalue weighted by atomic mass is 9.92. The number of nitrogens with two attached hydrogens (primary N) is 1. The Morgan fingerprint density at radius 2 is 1.81 bits per heavy atom. The molecule has 1 fully saturated rings. The molecule has 0 bridgehead atoms. The highest BCUT2D eigenvalue weighted by Crippen LogP contribution is 2.28. The molecule has 1 aliphatic rings. The minimum absolute atomic E-state index is 0. The first kappa shape index (κ1) is 26.9. The van der Waals surface area contributed by atoms with E-state index in [-0.39, 0.29) is 37.2 Å². The summed E-state index contributed by atoms with van der Waals surface area (Å²) in [5, 5.41) is 4.59. The highest BCUT2D eigenvalue weighted by molar-refractivity contribution is 5.91. The van der Waals surface area contributed by atoms with Gasteiger partial charge >= 0.3 is 0 Å². The van der Waals surface area contributed by atoms with E-state index in [1.807, 2.05) is 48.7 Å². The molecule has 1 aromatic carbocycles. The minimum atomic E-state index is 0. The van der Waals surface area contributed by atoms with Gasteiger partial charge in [-0.3, -0.25) is 4.98 Å². The first-order valence-electron chi connectivity index (χ1n) is 9.67. The molecule has 4 rings (SSSR count). The fraction of sp³-hybridized carbons (Fsp3) is 0.318. The molecule has 0 radical (unpaired) electrons. The molecule has 3 N–H and O–H groups in total. The second-order valence-electron chi connectivity index (χ2n) is 7.19. The van der Waals surface area contributed by atoms with Gasteiger partial charge in [-0.1, -0.05) is 6.07 Å². The normalized spacial score (nSPS) is 17.9. The van der Waals surface area contributed by atoms with E-state index in [1.165, 1.54) is 0 Å². The third-order valence-electron chi connectivity index (χ3n) is 5.14. The zero-order valence-corrected chi connectivity index (χ0v) is 19.7. The van der Waals surface area contributed by atoms with Crippen molar-refractivity contribution < 1.29 is 4.74 Å². The number of nitrogens with zero attached hydrogens (tertiary/aromatic N) is 3. The predicted octanol–water partition coefficient (Wildman–Crippen LogP) is 5.15. The lowest BCUT2D eigenvalue weighted by Gasteiger charge is -2.27. The molecule has 2 heterocycles. The Kier molecular flexibility index (Phi) is 11.0. The van der Waals surface area contributed by atoms with Crippen LogP contribution in [0, 0.1) is 0 Å². The van der Waals surface area contributed by atoms with Crippen molar-refractivity contribution in [1.82, 2.24) is 15.0 Å². The van der Waals surface area contributed by atoms with Gasteiger partial charge < -0.3 is 15.8 Å². The molecule has 0 amide bonds. The maximum Gasteiger partial charge on any atom is 0.154 e. The molecule has 6 nitrogen and oxygen atoms in total. The lowest BCUT2D eigenvalue weighted by molar-refractivity contribution is 0.410. The summed E-state index contributed by atoms with van der Waals surface area (Å²) in [5.74, 6) is 2.30. The standard InChI is InChI=1S/C22H25N5O.3ClH/c1-28-18-9-10-20-19(13-18)22(25-17-7-5-16(23)6-8-17)27-21(26-20)11-4-15-3-2-12-24-14-15;;;/h2-4,9-14,16-17H,5-8,23H2,1H3,(H,25,26,27);3*1H/t16-,17+;;;. The lowest BCUT2D eigenvalue weighted by Crippen LogP contribution is -2.33. The summed E-state index contributed by atoms with van der Waals surface area (Å²) in [7, 11) is 1.67. The number of hydrogen-bond acceptors (Lipinski definition) is 6. The van der Waals surface area contributed by atoms with E-state index < -0.39 is 0 Å². The van der Waals surface area contributed by atoms with E-state index in [1.54, 1.807) is 13.3 Å². The van der Waals surface area contributed by atoms with Crippen LogP contribution in [0.3, 0.4) is 0 Å². The summed E-state index contributed by atoms with van der Waals surface area (Å²) < 4.78 is 5.40. The molecule has 1 aliphatic carbocycles. The Hall–Kier alpha value is -2.12. The van der Waals surface area contributed by atoms with Crippen LogP contribution in [0.4, 0.5) is 5.82 Å². The first-order valence-corrected chi connectivity index (χ1v) is 9.67. The van der Waals surface area contributed by atoms with Crippen molar-refractivity contribution in [2.45, 2.75) is 37.8 Å². The van der Waals surface area contributed by atoms with Crippen LogP contribution in [0.1, 0.15) is 37.1 Å². The quantitative estimate of drug-likeness (QED) is 0.521. The van der Waals surface area contributed by atoms with Crippen molar-refractivity contribution in [3.63, 3.8) is 0 Å². The average Bonchev–Trinajstić information content (AvgIpc) is 2.74. The predicted molar refractivity (Wildman–Crippen MR) is 135 cm³/mol. The SMILES string of the molecule is COc1ccc2nc(C=Cc3cccnc3)nc(N[C@H]3CC[C@@H](N)CC3)c2c1.Cl.Cl.Cl. The number of aromatic nitrogens is 3. The number of anilines is 1. The second-order valence-corrected chi connectivity index (χ2v) is 7.19. The smallest absolute Gasteiger partial charge is 0.154 e. The fourth-order valence-corrected chi connectivity index (χ4v) is 3.54. The molecule has 0 atom stereocenters. The number of pyridine rings is 1. The Bertz CT molecular complexity index is 980. The molecule has 0 aliphatic heterocycles. The van der Waals surface area contributed by atoms with Crippen molar-refractivity contribution in [3.8, 4) is 5.75 Å². The third kappa shape index (κ3) is 6.94. The molecule has 3 aromatic rings. The zero-order valence-electron chi connectivity index (χ0n) is 17.2. The van der Waals surface area contributed by atoms with Crippen LogP contribution >= 0.6 is 37.2 Å². The number of methoxy groups -OCH3 is 1. The Labute approximate surface area is 201 Å². The highest BCUT2D eigenvalue weighted by Gasteiger charge is 2.20. The number of hydrogen-bond donors (Lipinski definition) is 2. The number of fused-ring (bicyclic) bond motifs is 1. The topological polar surface area (TPSA) is 86.0 Å². The summed E-state index contributed by atoms with van der Waals surface area (Å²) in [6, 6.07) is 10.5. The zero-order chi connectivity index (χ0) is 19.3. The summed E-state index contributed by atoms with van der Waals surface area (Å²) in [6.45, 7) is 0. The van der Waals surface area contributed by atoms with Crippen LogP contribution in [0.2, 0.25) is 0 Å². The van der Waals surface area contributed by atoms with E-state index in [0.717, 1.165) is 53.7 Å². The van der Waals surface area contributed by atoms with Gasteiger partial charge in [-0.2, -0.15) is 0 Å². The van der Waals surface area contributed by atoms with Crippen LogP contribution in [0.15, 0.2) is 42.7 Å². The maximum absolute atomic E-state index is 6.05. The fourth-order valence-electron chi connectivity index (χ4n) is 3.54. The molecule has 168 valence electrons. The molecule has 0 spiro atoms. The number of nitrogens with one attached hydrogen (secondary N) is 1. The summed E-state index contributed by atoms with van der Waals surface area (Å²) in [6.07, 6.45) is 11.6. The molecular weight excluding hydrogens is 457 g/mol. The van der Waals surface area contributed by atoms with Crippen molar-refractivity contribution in [1.29, 1.82) is 0 Å². The van der Waals surface area contributed by atoms with Gasteiger partial charge in [0.15, 0.2) is 5.82 Å². The first-order chi connectivity index (χ1) is 13.7. The molecule has 31 heavy (non-hydrogen) atoms. The van der Waals surface area contributed by atoms with Gasteiger partial charge in [0, 0.05) is 29.9 Å². The second kappa shape index (κ2) is 12.7. The van der Waals surface area contributed by atoms with Crippen LogP contribution < -0.4 is 15.8 Å². The molecule has 0 saturated heterocycles. The summed E-state index contributed by atoms with van der Waals surface area (Å²) >= 11 is 0. The van der Waals surface area contributed by atoms with Crippen LogP contribution in [-0.2, 0) is 0 Å². The highest BCUT2D eigenvalue weighted by atomic mass is 35.5. The monoisotopic (exact) mass is 483 g/mol. The van der Waals surface area contributed by atoms with Crippen LogP contribution in [-0.4, -0.2) is 34.1 Å². The van der Waals surface area contributed by atoms with E-state index >= 15 is 0 Å². The molecule has 1 saturated carbocycles. The Balaban J connectivity index is 0.00000160. The Morgan fingerprint density at radius 3 is 2.48 bits per heavy atom. The van der Waals surface area contributed by atoms with Gasteiger partial charge in [0.05, 0.1) is 12.6 Å². The van der Waals surface area contributed by atoms with Crippen molar-refractivity contribution in [2.75, 3.05) is 12.4 Å². The molecule has 0 unspecified atom stereocenters. The van der Waals surface area contributed by atoms with Crippen molar-refractivity contribution in [3.05, 3.63) is 54.1 Å². The van der Waals surface area contributed by atoms with Crippen LogP contribution in [0.5, 0.6) is 5.75 Å². The maximum atomic E-state index is 6.05.